The van der Waals surface area contributed by atoms with Crippen LogP contribution in [-0.2, 0) is 11.2 Å². The predicted molar refractivity (Wildman–Crippen MR) is 103 cm³/mol. The Bertz CT molecular complexity index is 779. The minimum Gasteiger partial charge on any atom is -0.426 e. The van der Waals surface area contributed by atoms with E-state index in [0.29, 0.717) is 12.2 Å². The zero-order valence-electron chi connectivity index (χ0n) is 14.5. The highest BCUT2D eigenvalue weighted by Gasteiger charge is 2.38. The van der Waals surface area contributed by atoms with Crippen LogP contribution in [0.25, 0.3) is 0 Å². The van der Waals surface area contributed by atoms with E-state index in [1.165, 1.54) is 4.90 Å². The highest BCUT2D eigenvalue weighted by molar-refractivity contribution is 8.00. The summed E-state index contributed by atoms with van der Waals surface area (Å²) in [6, 6.07) is 14.4. The summed E-state index contributed by atoms with van der Waals surface area (Å²) in [5.41, 5.74) is 3.32. The number of hydrogen-bond acceptors (Lipinski definition) is 5. The molecule has 2 aromatic carbocycles. The lowest BCUT2D eigenvalue weighted by molar-refractivity contribution is -0.139. The predicted octanol–water partition coefficient (Wildman–Crippen LogP) is 4.15. The molecule has 2 aromatic rings. The first-order valence-electron chi connectivity index (χ1n) is 8.81. The lowest BCUT2D eigenvalue weighted by atomic mass is 9.95. The van der Waals surface area contributed by atoms with E-state index in [2.05, 4.69) is 48.3 Å². The Labute approximate surface area is 152 Å². The summed E-state index contributed by atoms with van der Waals surface area (Å²) in [6.45, 7) is 6.14. The van der Waals surface area contributed by atoms with Crippen molar-refractivity contribution in [1.29, 1.82) is 0 Å². The number of rotatable bonds is 4. The molecule has 0 bridgehead atoms. The number of fused-ring (bicyclic) bond motifs is 2. The Kier molecular flexibility index (Phi) is 4.34. The van der Waals surface area contributed by atoms with Crippen molar-refractivity contribution in [1.82, 2.24) is 0 Å². The molecule has 2 atom stereocenters. The molecule has 0 saturated heterocycles. The van der Waals surface area contributed by atoms with Gasteiger partial charge in [0.1, 0.15) is 5.75 Å². The molecule has 0 fully saturated rings. The monoisotopic (exact) mass is 354 g/mol. The van der Waals surface area contributed by atoms with Gasteiger partial charge in [0, 0.05) is 35.4 Å². The smallest absolute Gasteiger partial charge is 0.317 e. The normalized spacial score (nSPS) is 21.1. The lowest BCUT2D eigenvalue weighted by Gasteiger charge is -2.29. The zero-order valence-corrected chi connectivity index (χ0v) is 15.3. The zero-order chi connectivity index (χ0) is 17.4. The highest BCUT2D eigenvalue weighted by atomic mass is 32.2. The van der Waals surface area contributed by atoms with Crippen LogP contribution in [0.5, 0.6) is 5.75 Å². The second-order valence-electron chi connectivity index (χ2n) is 6.37. The Morgan fingerprint density at radius 3 is 2.76 bits per heavy atom. The SMILES string of the molecule is CCN(CC)c1ccc2c(c1)OC(=O)C(C1Nc3ccccc3S1)C2. The molecule has 0 saturated carbocycles. The summed E-state index contributed by atoms with van der Waals surface area (Å²) in [7, 11) is 0. The van der Waals surface area contributed by atoms with Gasteiger partial charge in [0.25, 0.3) is 0 Å². The van der Waals surface area contributed by atoms with Crippen LogP contribution in [-0.4, -0.2) is 24.4 Å². The number of nitrogens with one attached hydrogen (secondary N) is 1. The second kappa shape index (κ2) is 6.64. The lowest BCUT2D eigenvalue weighted by Crippen LogP contribution is -2.37. The molecular weight excluding hydrogens is 332 g/mol. The average Bonchev–Trinajstić information content (AvgIpc) is 3.06. The van der Waals surface area contributed by atoms with E-state index in [1.807, 2.05) is 18.2 Å². The molecule has 0 aromatic heterocycles. The molecule has 0 aliphatic carbocycles. The number of thioether (sulfide) groups is 1. The van der Waals surface area contributed by atoms with E-state index in [9.17, 15) is 4.79 Å². The molecule has 0 spiro atoms. The summed E-state index contributed by atoms with van der Waals surface area (Å²) in [5, 5.41) is 3.50. The van der Waals surface area contributed by atoms with Gasteiger partial charge in [-0.1, -0.05) is 30.0 Å². The van der Waals surface area contributed by atoms with Crippen LogP contribution in [0, 0.1) is 5.92 Å². The molecule has 130 valence electrons. The van der Waals surface area contributed by atoms with Gasteiger partial charge in [-0.05, 0) is 44.0 Å². The maximum Gasteiger partial charge on any atom is 0.317 e. The standard InChI is InChI=1S/C20H22N2O2S/c1-3-22(4-2)14-10-9-13-11-15(20(23)24-17(13)12-14)19-21-16-7-5-6-8-18(16)25-19/h5-10,12,15,19,21H,3-4,11H2,1-2H3. The van der Waals surface area contributed by atoms with Gasteiger partial charge < -0.3 is 15.0 Å². The third-order valence-corrected chi connectivity index (χ3v) is 6.25. The Balaban J connectivity index is 1.55. The van der Waals surface area contributed by atoms with Crippen LogP contribution in [0.1, 0.15) is 19.4 Å². The van der Waals surface area contributed by atoms with Gasteiger partial charge in [-0.3, -0.25) is 4.79 Å². The van der Waals surface area contributed by atoms with Gasteiger partial charge in [0.15, 0.2) is 0 Å². The van der Waals surface area contributed by atoms with E-state index in [-0.39, 0.29) is 17.3 Å². The molecule has 4 rings (SSSR count). The number of nitrogens with zero attached hydrogens (tertiary/aromatic N) is 1. The minimum absolute atomic E-state index is 0.0282. The first-order chi connectivity index (χ1) is 12.2. The second-order valence-corrected chi connectivity index (χ2v) is 7.56. The third kappa shape index (κ3) is 2.97. The summed E-state index contributed by atoms with van der Waals surface area (Å²) >= 11 is 1.72. The molecule has 0 amide bonds. The van der Waals surface area contributed by atoms with E-state index >= 15 is 0 Å². The van der Waals surface area contributed by atoms with Gasteiger partial charge >= 0.3 is 5.97 Å². The van der Waals surface area contributed by atoms with Crippen molar-refractivity contribution in [3.63, 3.8) is 0 Å². The number of anilines is 2. The van der Waals surface area contributed by atoms with E-state index < -0.39 is 0 Å². The molecule has 5 heteroatoms. The number of carbonyl (C=O) groups is 1. The van der Waals surface area contributed by atoms with Gasteiger partial charge in [-0.2, -0.15) is 0 Å². The van der Waals surface area contributed by atoms with Crippen molar-refractivity contribution in [2.45, 2.75) is 30.5 Å². The van der Waals surface area contributed by atoms with E-state index in [4.69, 9.17) is 4.74 Å². The van der Waals surface area contributed by atoms with Crippen molar-refractivity contribution >= 4 is 29.1 Å². The molecule has 2 unspecified atom stereocenters. The Hall–Kier alpha value is -2.14. The molecular formula is C20H22N2O2S. The van der Waals surface area contributed by atoms with Crippen molar-refractivity contribution < 1.29 is 9.53 Å². The van der Waals surface area contributed by atoms with Gasteiger partial charge in [-0.25, -0.2) is 0 Å². The van der Waals surface area contributed by atoms with Gasteiger partial charge in [-0.15, -0.1) is 0 Å². The molecule has 2 heterocycles. The maximum atomic E-state index is 12.6. The number of ether oxygens (including phenoxy) is 1. The summed E-state index contributed by atoms with van der Waals surface area (Å²) in [6.07, 6.45) is 0.714. The fraction of sp³-hybridized carbons (Fsp3) is 0.350. The number of carbonyl (C=O) groups excluding carboxylic acids is 1. The van der Waals surface area contributed by atoms with Crippen LogP contribution in [0.3, 0.4) is 0 Å². The number of esters is 1. The van der Waals surface area contributed by atoms with Crippen molar-refractivity contribution in [3.05, 3.63) is 48.0 Å². The van der Waals surface area contributed by atoms with Gasteiger partial charge in [0.05, 0.1) is 11.3 Å². The fourth-order valence-corrected chi connectivity index (χ4v) is 4.76. The summed E-state index contributed by atoms with van der Waals surface area (Å²) in [4.78, 5) is 16.1. The molecule has 2 aliphatic heterocycles. The van der Waals surface area contributed by atoms with Crippen LogP contribution < -0.4 is 15.0 Å². The number of benzene rings is 2. The van der Waals surface area contributed by atoms with Gasteiger partial charge in [0.2, 0.25) is 0 Å². The van der Waals surface area contributed by atoms with Crippen LogP contribution in [0.2, 0.25) is 0 Å². The van der Waals surface area contributed by atoms with Crippen molar-refractivity contribution in [2.75, 3.05) is 23.3 Å². The molecule has 1 N–H and O–H groups in total. The van der Waals surface area contributed by atoms with Crippen molar-refractivity contribution in [3.8, 4) is 5.75 Å². The summed E-state index contributed by atoms with van der Waals surface area (Å²) < 4.78 is 5.72. The number of hydrogen-bond donors (Lipinski definition) is 1. The Morgan fingerprint density at radius 1 is 1.20 bits per heavy atom. The van der Waals surface area contributed by atoms with Crippen LogP contribution in [0.4, 0.5) is 11.4 Å². The maximum absolute atomic E-state index is 12.6. The van der Waals surface area contributed by atoms with Crippen molar-refractivity contribution in [2.24, 2.45) is 5.92 Å². The molecule has 0 radical (unpaired) electrons. The Morgan fingerprint density at radius 2 is 2.00 bits per heavy atom. The third-order valence-electron chi connectivity index (χ3n) is 4.94. The van der Waals surface area contributed by atoms with Crippen LogP contribution in [0.15, 0.2) is 47.4 Å². The van der Waals surface area contributed by atoms with E-state index in [0.717, 1.165) is 30.0 Å². The molecule has 4 nitrogen and oxygen atoms in total. The van der Waals surface area contributed by atoms with E-state index in [1.54, 1.807) is 11.8 Å². The molecule has 25 heavy (non-hydrogen) atoms. The minimum atomic E-state index is -0.177. The average molecular weight is 354 g/mol. The highest BCUT2D eigenvalue weighted by Crippen LogP contribution is 2.44. The van der Waals surface area contributed by atoms with Crippen LogP contribution >= 0.6 is 11.8 Å². The summed E-state index contributed by atoms with van der Waals surface area (Å²) in [5.74, 6) is 0.400. The first-order valence-corrected chi connectivity index (χ1v) is 9.69. The fourth-order valence-electron chi connectivity index (χ4n) is 3.52. The molecule has 2 aliphatic rings. The number of para-hydroxylation sites is 1. The topological polar surface area (TPSA) is 41.6 Å². The quantitative estimate of drug-likeness (QED) is 0.660. The largest absolute Gasteiger partial charge is 0.426 e. The first kappa shape index (κ1) is 16.3.